The Bertz CT molecular complexity index is 911. The van der Waals surface area contributed by atoms with Crippen LogP contribution >= 0.6 is 15.9 Å². The van der Waals surface area contributed by atoms with Gasteiger partial charge in [-0.15, -0.1) is 0 Å². The second-order valence-electron chi connectivity index (χ2n) is 5.70. The first-order chi connectivity index (χ1) is 11.8. The normalized spacial score (nSPS) is 12.3. The minimum absolute atomic E-state index is 0.117. The van der Waals surface area contributed by atoms with Crippen LogP contribution < -0.4 is 16.6 Å². The summed E-state index contributed by atoms with van der Waals surface area (Å²) < 4.78 is 3.28. The van der Waals surface area contributed by atoms with E-state index in [9.17, 15) is 14.4 Å². The fraction of sp³-hybridized carbons (Fsp3) is 0.278. The van der Waals surface area contributed by atoms with Crippen molar-refractivity contribution in [3.8, 4) is 0 Å². The number of hydrogen-bond donors (Lipinski definition) is 1. The van der Waals surface area contributed by atoms with Gasteiger partial charge >= 0.3 is 5.69 Å². The maximum absolute atomic E-state index is 12.2. The quantitative estimate of drug-likeness (QED) is 0.774. The first-order valence-electron chi connectivity index (χ1n) is 7.84. The van der Waals surface area contributed by atoms with Gasteiger partial charge in [-0.3, -0.25) is 14.2 Å². The summed E-state index contributed by atoms with van der Waals surface area (Å²) in [5.41, 5.74) is 0.432. The molecular formula is C18H20BrN3O3. The molecule has 1 atom stereocenters. The fourth-order valence-electron chi connectivity index (χ4n) is 2.45. The van der Waals surface area contributed by atoms with Crippen molar-refractivity contribution in [2.75, 3.05) is 0 Å². The Morgan fingerprint density at radius 2 is 1.88 bits per heavy atom. The van der Waals surface area contributed by atoms with Crippen LogP contribution in [-0.4, -0.2) is 15.0 Å². The van der Waals surface area contributed by atoms with Crippen LogP contribution in [0.25, 0.3) is 6.08 Å². The number of carbonyl (C=O) groups excluding carboxylic acids is 1. The summed E-state index contributed by atoms with van der Waals surface area (Å²) in [5.74, 6) is -0.300. The summed E-state index contributed by atoms with van der Waals surface area (Å²) in [6.45, 7) is 1.99. The Balaban J connectivity index is 2.16. The van der Waals surface area contributed by atoms with Crippen molar-refractivity contribution >= 4 is 27.9 Å². The third-order valence-corrected chi connectivity index (χ3v) is 4.41. The summed E-state index contributed by atoms with van der Waals surface area (Å²) in [6.07, 6.45) is 4.89. The second kappa shape index (κ2) is 8.11. The molecule has 1 aromatic carbocycles. The molecule has 2 aromatic rings. The predicted molar refractivity (Wildman–Crippen MR) is 101 cm³/mol. The molecule has 0 fully saturated rings. The van der Waals surface area contributed by atoms with Crippen molar-refractivity contribution < 1.29 is 4.79 Å². The minimum atomic E-state index is -0.438. The summed E-state index contributed by atoms with van der Waals surface area (Å²) in [7, 11) is 2.96. The standard InChI is InChI=1S/C18H20BrN3O3/c1-4-15(12-5-8-14(19)9-6-12)20-16(23)10-7-13-11-21(2)18(25)22(3)17(13)24/h5-11,15H,4H2,1-3H3,(H,20,23)/b10-7+. The molecule has 0 aliphatic rings. The lowest BCUT2D eigenvalue weighted by atomic mass is 10.0. The highest BCUT2D eigenvalue weighted by Gasteiger charge is 2.11. The number of aryl methyl sites for hydroxylation is 1. The average molecular weight is 406 g/mol. The van der Waals surface area contributed by atoms with E-state index in [-0.39, 0.29) is 17.5 Å². The second-order valence-corrected chi connectivity index (χ2v) is 6.61. The van der Waals surface area contributed by atoms with Crippen molar-refractivity contribution in [2.24, 2.45) is 14.1 Å². The molecule has 1 amide bonds. The number of nitrogens with zero attached hydrogens (tertiary/aromatic N) is 2. The van der Waals surface area contributed by atoms with Crippen molar-refractivity contribution in [3.05, 3.63) is 73.0 Å². The number of benzene rings is 1. The van der Waals surface area contributed by atoms with Crippen LogP contribution in [0.3, 0.4) is 0 Å². The van der Waals surface area contributed by atoms with Gasteiger partial charge in [0.25, 0.3) is 5.56 Å². The third kappa shape index (κ3) is 4.57. The van der Waals surface area contributed by atoms with E-state index in [1.165, 1.54) is 30.0 Å². The Hall–Kier alpha value is -2.41. The van der Waals surface area contributed by atoms with Gasteiger partial charge in [0.15, 0.2) is 0 Å². The van der Waals surface area contributed by atoms with Crippen LogP contribution in [0, 0.1) is 0 Å². The molecule has 2 rings (SSSR count). The Labute approximate surface area is 153 Å². The number of halogens is 1. The Morgan fingerprint density at radius 3 is 2.48 bits per heavy atom. The highest BCUT2D eigenvalue weighted by molar-refractivity contribution is 9.10. The van der Waals surface area contributed by atoms with Crippen LogP contribution in [0.5, 0.6) is 0 Å². The van der Waals surface area contributed by atoms with E-state index in [4.69, 9.17) is 0 Å². The van der Waals surface area contributed by atoms with E-state index in [0.29, 0.717) is 0 Å². The van der Waals surface area contributed by atoms with Crippen molar-refractivity contribution in [1.82, 2.24) is 14.5 Å². The van der Waals surface area contributed by atoms with Gasteiger partial charge in [-0.05, 0) is 30.2 Å². The molecule has 0 spiro atoms. The molecule has 25 heavy (non-hydrogen) atoms. The minimum Gasteiger partial charge on any atom is -0.346 e. The zero-order valence-corrected chi connectivity index (χ0v) is 15.9. The van der Waals surface area contributed by atoms with Crippen LogP contribution in [0.15, 0.2) is 50.6 Å². The molecule has 1 heterocycles. The number of carbonyl (C=O) groups is 1. The molecule has 0 aliphatic carbocycles. The number of amides is 1. The molecule has 1 N–H and O–H groups in total. The smallest absolute Gasteiger partial charge is 0.330 e. The third-order valence-electron chi connectivity index (χ3n) is 3.88. The van der Waals surface area contributed by atoms with E-state index in [1.807, 2.05) is 31.2 Å². The topological polar surface area (TPSA) is 73.1 Å². The zero-order chi connectivity index (χ0) is 18.6. The number of nitrogens with one attached hydrogen (secondary N) is 1. The van der Waals surface area contributed by atoms with Gasteiger partial charge < -0.3 is 9.88 Å². The predicted octanol–water partition coefficient (Wildman–Crippen LogP) is 2.13. The SMILES string of the molecule is CCC(NC(=O)/C=C/c1cn(C)c(=O)n(C)c1=O)c1ccc(Br)cc1. The Kier molecular flexibility index (Phi) is 6.14. The van der Waals surface area contributed by atoms with E-state index in [0.717, 1.165) is 21.0 Å². The average Bonchev–Trinajstić information content (AvgIpc) is 2.60. The first kappa shape index (κ1) is 18.9. The number of rotatable bonds is 5. The molecule has 7 heteroatoms. The highest BCUT2D eigenvalue weighted by Crippen LogP contribution is 2.19. The summed E-state index contributed by atoms with van der Waals surface area (Å²) in [4.78, 5) is 35.9. The molecule has 0 bridgehead atoms. The van der Waals surface area contributed by atoms with Crippen molar-refractivity contribution in [2.45, 2.75) is 19.4 Å². The van der Waals surface area contributed by atoms with E-state index in [1.54, 1.807) is 7.05 Å². The molecule has 1 unspecified atom stereocenters. The van der Waals surface area contributed by atoms with Crippen LogP contribution in [0.1, 0.15) is 30.5 Å². The summed E-state index contributed by atoms with van der Waals surface area (Å²) >= 11 is 3.39. The van der Waals surface area contributed by atoms with Gasteiger partial charge in [-0.25, -0.2) is 4.79 Å². The van der Waals surface area contributed by atoms with Gasteiger partial charge in [-0.1, -0.05) is 35.0 Å². The van der Waals surface area contributed by atoms with E-state index in [2.05, 4.69) is 21.2 Å². The lowest BCUT2D eigenvalue weighted by molar-refractivity contribution is -0.117. The zero-order valence-electron chi connectivity index (χ0n) is 14.3. The summed E-state index contributed by atoms with van der Waals surface area (Å²) in [6, 6.07) is 7.63. The molecule has 132 valence electrons. The van der Waals surface area contributed by atoms with Crippen molar-refractivity contribution in [3.63, 3.8) is 0 Å². The lowest BCUT2D eigenvalue weighted by Crippen LogP contribution is -2.37. The molecule has 0 saturated carbocycles. The lowest BCUT2D eigenvalue weighted by Gasteiger charge is -2.16. The maximum Gasteiger partial charge on any atom is 0.330 e. The summed E-state index contributed by atoms with van der Waals surface area (Å²) in [5, 5.41) is 2.91. The van der Waals surface area contributed by atoms with E-state index >= 15 is 0 Å². The largest absolute Gasteiger partial charge is 0.346 e. The number of hydrogen-bond acceptors (Lipinski definition) is 3. The molecule has 0 radical (unpaired) electrons. The monoisotopic (exact) mass is 405 g/mol. The van der Waals surface area contributed by atoms with Crippen LogP contribution in [-0.2, 0) is 18.9 Å². The molecule has 1 aromatic heterocycles. The molecule has 0 saturated heterocycles. The van der Waals surface area contributed by atoms with Gasteiger partial charge in [0.1, 0.15) is 0 Å². The number of aromatic nitrogens is 2. The van der Waals surface area contributed by atoms with Crippen molar-refractivity contribution in [1.29, 1.82) is 0 Å². The van der Waals surface area contributed by atoms with Crippen LogP contribution in [0.2, 0.25) is 0 Å². The molecule has 6 nitrogen and oxygen atoms in total. The van der Waals surface area contributed by atoms with Crippen LogP contribution in [0.4, 0.5) is 0 Å². The highest BCUT2D eigenvalue weighted by atomic mass is 79.9. The van der Waals surface area contributed by atoms with Gasteiger partial charge in [-0.2, -0.15) is 0 Å². The van der Waals surface area contributed by atoms with Gasteiger partial charge in [0, 0.05) is 30.8 Å². The first-order valence-corrected chi connectivity index (χ1v) is 8.63. The Morgan fingerprint density at radius 1 is 1.24 bits per heavy atom. The molecular weight excluding hydrogens is 386 g/mol. The maximum atomic E-state index is 12.2. The fourth-order valence-corrected chi connectivity index (χ4v) is 2.72. The van der Waals surface area contributed by atoms with Gasteiger partial charge in [0.2, 0.25) is 5.91 Å². The van der Waals surface area contributed by atoms with Gasteiger partial charge in [0.05, 0.1) is 11.6 Å². The molecule has 0 aliphatic heterocycles. The van der Waals surface area contributed by atoms with E-state index < -0.39 is 11.2 Å².